The second kappa shape index (κ2) is 3.65. The maximum absolute atomic E-state index is 4.83. The quantitative estimate of drug-likeness (QED) is 0.140. The van der Waals surface area contributed by atoms with Crippen LogP contribution in [0.3, 0.4) is 0 Å². The van der Waals surface area contributed by atoms with Crippen molar-refractivity contribution in [2.45, 2.75) is 0 Å². The molecule has 0 aromatic carbocycles. The average Bonchev–Trinajstić information content (AvgIpc) is 1.37. The summed E-state index contributed by atoms with van der Waals surface area (Å²) in [5.41, 5.74) is 0. The topological polar surface area (TPSA) is 38.0 Å². The van der Waals surface area contributed by atoms with Crippen molar-refractivity contribution in [3.63, 3.8) is 0 Å². The van der Waals surface area contributed by atoms with E-state index in [-0.39, 0.29) is 21.5 Å². The summed E-state index contributed by atoms with van der Waals surface area (Å²) in [6.45, 7) is 0. The van der Waals surface area contributed by atoms with Crippen LogP contribution >= 0.6 is 0 Å². The van der Waals surface area contributed by atoms with Crippen LogP contribution < -0.4 is 31.0 Å². The Morgan fingerprint density at radius 1 is 2.00 bits per heavy atom. The minimum atomic E-state index is 0.138. The maximum atomic E-state index is 4.83. The van der Waals surface area contributed by atoms with Crippen molar-refractivity contribution in [2.24, 2.45) is 5.84 Å². The molecule has 0 fully saturated rings. The molecule has 4 heavy (non-hydrogen) atoms. The third kappa shape index (κ3) is 2.65. The van der Waals surface area contributed by atoms with Crippen LogP contribution in [0.5, 0.6) is 0 Å². The molecular formula is CH6IN2-. The molecule has 0 unspecified atom stereocenters. The Hall–Kier alpha value is 0.650. The summed E-state index contributed by atoms with van der Waals surface area (Å²) >= 11 is 0.138. The summed E-state index contributed by atoms with van der Waals surface area (Å²) in [7, 11) is 0. The zero-order valence-corrected chi connectivity index (χ0v) is 4.61. The first-order chi connectivity index (χ1) is 1.91. The van der Waals surface area contributed by atoms with Gasteiger partial charge < -0.3 is 0 Å². The predicted octanol–water partition coefficient (Wildman–Crippen LogP) is -3.92. The van der Waals surface area contributed by atoms with Gasteiger partial charge in [0.1, 0.15) is 0 Å². The summed E-state index contributed by atoms with van der Waals surface area (Å²) in [5.74, 6) is 4.83. The first-order valence-corrected chi connectivity index (χ1v) is 4.09. The normalized spacial score (nSPS) is 8.50. The zero-order chi connectivity index (χ0) is 3.41. The van der Waals surface area contributed by atoms with Gasteiger partial charge in [-0.05, 0) is 0 Å². The number of rotatable bonds is 1. The van der Waals surface area contributed by atoms with E-state index in [1.807, 2.05) is 0 Å². The van der Waals surface area contributed by atoms with Gasteiger partial charge in [-0.15, -0.1) is 0 Å². The standard InChI is InChI=1S/CH6IN2/c1-2-4-3/h4H,3H2,1H3/q-1. The molecule has 0 heterocycles. The Kier molecular flexibility index (Phi) is 4.24. The van der Waals surface area contributed by atoms with Crippen LogP contribution in [0.25, 0.3) is 0 Å². The van der Waals surface area contributed by atoms with Crippen LogP contribution in [0, 0.1) is 0 Å². The first-order valence-electron chi connectivity index (χ1n) is 0.856. The van der Waals surface area contributed by atoms with Crippen molar-refractivity contribution in [3.8, 4) is 0 Å². The first kappa shape index (κ1) is 4.65. The Balaban J connectivity index is 1.97. The number of alkyl halides is 1. The molecule has 0 radical (unpaired) electrons. The van der Waals surface area contributed by atoms with Crippen LogP contribution in [0.4, 0.5) is 0 Å². The van der Waals surface area contributed by atoms with Crippen molar-refractivity contribution in [3.05, 3.63) is 0 Å². The fourth-order valence-corrected chi connectivity index (χ4v) is 0. The molecule has 0 bridgehead atoms. The predicted molar refractivity (Wildman–Crippen MR) is 13.2 cm³/mol. The van der Waals surface area contributed by atoms with E-state index in [1.165, 1.54) is 0 Å². The van der Waals surface area contributed by atoms with Crippen LogP contribution in [0.1, 0.15) is 0 Å². The number of halogens is 1. The third-order valence-electron chi connectivity index (χ3n) is 0.109. The molecule has 3 heteroatoms. The van der Waals surface area contributed by atoms with Gasteiger partial charge in [-0.2, -0.15) is 0 Å². The molecule has 3 N–H and O–H groups in total. The Morgan fingerprint density at radius 3 is 2.25 bits per heavy atom. The average molecular weight is 173 g/mol. The molecule has 0 aliphatic heterocycles. The van der Waals surface area contributed by atoms with Crippen LogP contribution in [0.15, 0.2) is 0 Å². The van der Waals surface area contributed by atoms with Gasteiger partial charge in [0.15, 0.2) is 0 Å². The summed E-state index contributed by atoms with van der Waals surface area (Å²) in [5, 5.41) is 0. The number of nitrogens with two attached hydrogens (primary N) is 1. The van der Waals surface area contributed by atoms with Gasteiger partial charge >= 0.3 is 35.9 Å². The van der Waals surface area contributed by atoms with Gasteiger partial charge in [0.25, 0.3) is 0 Å². The van der Waals surface area contributed by atoms with E-state index in [0.717, 1.165) is 0 Å². The van der Waals surface area contributed by atoms with E-state index in [2.05, 4.69) is 8.57 Å². The van der Waals surface area contributed by atoms with Crippen molar-refractivity contribution >= 4 is 0 Å². The van der Waals surface area contributed by atoms with Crippen molar-refractivity contribution < 1.29 is 21.5 Å². The van der Waals surface area contributed by atoms with E-state index in [1.54, 1.807) is 0 Å². The second-order valence-corrected chi connectivity index (χ2v) is 2.00. The summed E-state index contributed by atoms with van der Waals surface area (Å²) in [6.07, 6.45) is 0. The number of hydrogen-bond donors (Lipinski definition) is 2. The fraction of sp³-hybridized carbons (Fsp3) is 1.00. The Bertz CT molecular complexity index is 8.00. The number of hydrazine groups is 1. The molecule has 0 rings (SSSR count). The van der Waals surface area contributed by atoms with E-state index < -0.39 is 0 Å². The molecule has 0 aromatic heterocycles. The van der Waals surface area contributed by atoms with Gasteiger partial charge in [0.05, 0.1) is 0 Å². The molecule has 0 aliphatic carbocycles. The third-order valence-corrected chi connectivity index (χ3v) is 0.732. The van der Waals surface area contributed by atoms with Gasteiger partial charge in [0, 0.05) is 0 Å². The molecule has 0 saturated carbocycles. The molecule has 2 nitrogen and oxygen atoms in total. The molecule has 0 amide bonds. The van der Waals surface area contributed by atoms with Gasteiger partial charge in [-0.25, -0.2) is 0 Å². The molecule has 0 atom stereocenters. The van der Waals surface area contributed by atoms with Crippen LogP contribution in [-0.2, 0) is 0 Å². The molecule has 28 valence electrons. The van der Waals surface area contributed by atoms with E-state index in [0.29, 0.717) is 0 Å². The molecule has 0 spiro atoms. The summed E-state index contributed by atoms with van der Waals surface area (Å²) < 4.78 is 2.54. The van der Waals surface area contributed by atoms with Gasteiger partial charge in [-0.1, -0.05) is 0 Å². The van der Waals surface area contributed by atoms with Crippen LogP contribution in [-0.4, -0.2) is 4.93 Å². The minimum absolute atomic E-state index is 0.138. The van der Waals surface area contributed by atoms with Crippen molar-refractivity contribution in [1.29, 1.82) is 0 Å². The number of hydrogen-bond acceptors (Lipinski definition) is 2. The van der Waals surface area contributed by atoms with Crippen LogP contribution in [0.2, 0.25) is 0 Å². The summed E-state index contributed by atoms with van der Waals surface area (Å²) in [4.78, 5) is 2.05. The van der Waals surface area contributed by atoms with Gasteiger partial charge in [-0.3, -0.25) is 0 Å². The monoisotopic (exact) mass is 173 g/mol. The SMILES string of the molecule is C[I-]NN. The second-order valence-electron chi connectivity index (χ2n) is 0.298. The zero-order valence-electron chi connectivity index (χ0n) is 2.46. The molecule has 0 aromatic rings. The van der Waals surface area contributed by atoms with E-state index in [4.69, 9.17) is 5.84 Å². The molecule has 0 saturated heterocycles. The number of nitrogens with one attached hydrogen (secondary N) is 1. The molecular weight excluding hydrogens is 167 g/mol. The molecule has 0 aliphatic rings. The summed E-state index contributed by atoms with van der Waals surface area (Å²) in [6, 6.07) is 0. The van der Waals surface area contributed by atoms with E-state index >= 15 is 0 Å². The Labute approximate surface area is 36.3 Å². The fourth-order valence-electron chi connectivity index (χ4n) is 0. The van der Waals surface area contributed by atoms with Crippen molar-refractivity contribution in [2.75, 3.05) is 4.93 Å². The van der Waals surface area contributed by atoms with Gasteiger partial charge in [0.2, 0.25) is 0 Å². The van der Waals surface area contributed by atoms with Crippen molar-refractivity contribution in [1.82, 2.24) is 3.64 Å². The Morgan fingerprint density at radius 2 is 2.25 bits per heavy atom. The van der Waals surface area contributed by atoms with E-state index in [9.17, 15) is 0 Å².